The van der Waals surface area contributed by atoms with Gasteiger partial charge in [-0.3, -0.25) is 0 Å². The smallest absolute Gasteiger partial charge is 0.410 e. The third-order valence-electron chi connectivity index (χ3n) is 2.86. The van der Waals surface area contributed by atoms with Gasteiger partial charge in [-0.15, -0.1) is 0 Å². The van der Waals surface area contributed by atoms with Crippen LogP contribution < -0.4 is 0 Å². The number of aliphatic hydroxyl groups excluding tert-OH is 1. The van der Waals surface area contributed by atoms with Gasteiger partial charge in [0.25, 0.3) is 0 Å². The monoisotopic (exact) mass is 259 g/mol. The summed E-state index contributed by atoms with van der Waals surface area (Å²) >= 11 is 0. The predicted octanol–water partition coefficient (Wildman–Crippen LogP) is 3.18. The fourth-order valence-corrected chi connectivity index (χ4v) is 1.80. The van der Waals surface area contributed by atoms with Crippen LogP contribution in [-0.4, -0.2) is 40.9 Å². The van der Waals surface area contributed by atoms with Crippen LogP contribution in [0.5, 0.6) is 0 Å². The summed E-state index contributed by atoms with van der Waals surface area (Å²) in [6, 6.07) is 0.179. The molecule has 2 atom stereocenters. The van der Waals surface area contributed by atoms with E-state index in [2.05, 4.69) is 6.92 Å². The molecule has 0 rings (SSSR count). The highest BCUT2D eigenvalue weighted by Gasteiger charge is 2.24. The van der Waals surface area contributed by atoms with E-state index >= 15 is 0 Å². The third-order valence-corrected chi connectivity index (χ3v) is 2.86. The molecule has 1 amide bonds. The molecule has 1 N–H and O–H groups in total. The van der Waals surface area contributed by atoms with Gasteiger partial charge in [-0.2, -0.15) is 0 Å². The van der Waals surface area contributed by atoms with Gasteiger partial charge in [-0.05, 0) is 53.4 Å². The third kappa shape index (κ3) is 7.54. The fraction of sp³-hybridized carbons (Fsp3) is 0.929. The van der Waals surface area contributed by atoms with Crippen molar-refractivity contribution in [3.8, 4) is 0 Å². The molecule has 0 spiro atoms. The maximum Gasteiger partial charge on any atom is 0.410 e. The molecular formula is C14H29NO3. The Morgan fingerprint density at radius 3 is 2.28 bits per heavy atom. The van der Waals surface area contributed by atoms with Crippen LogP contribution in [0.3, 0.4) is 0 Å². The van der Waals surface area contributed by atoms with Gasteiger partial charge in [0.2, 0.25) is 0 Å². The van der Waals surface area contributed by atoms with E-state index < -0.39 is 5.60 Å². The second-order valence-corrected chi connectivity index (χ2v) is 5.93. The maximum absolute atomic E-state index is 11.9. The maximum atomic E-state index is 11.9. The number of nitrogens with zero attached hydrogens (tertiary/aromatic N) is 1. The van der Waals surface area contributed by atoms with E-state index in [1.54, 1.807) is 18.9 Å². The lowest BCUT2D eigenvalue weighted by Crippen LogP contribution is -2.40. The van der Waals surface area contributed by atoms with Crippen molar-refractivity contribution >= 4 is 6.09 Å². The Bertz CT molecular complexity index is 246. The Hall–Kier alpha value is -0.770. The van der Waals surface area contributed by atoms with Crippen LogP contribution in [0.1, 0.15) is 60.3 Å². The van der Waals surface area contributed by atoms with Crippen molar-refractivity contribution in [3.05, 3.63) is 0 Å². The Kier molecular flexibility index (Phi) is 7.29. The average molecular weight is 259 g/mol. The molecule has 0 radical (unpaired) electrons. The van der Waals surface area contributed by atoms with Crippen molar-refractivity contribution in [3.63, 3.8) is 0 Å². The molecule has 0 fully saturated rings. The molecule has 0 aliphatic carbocycles. The molecule has 0 aromatic heterocycles. The molecule has 0 aliphatic heterocycles. The van der Waals surface area contributed by atoms with E-state index in [9.17, 15) is 9.90 Å². The first-order valence-electron chi connectivity index (χ1n) is 6.81. The number of carbonyl (C=O) groups is 1. The normalized spacial score (nSPS) is 15.1. The van der Waals surface area contributed by atoms with Crippen LogP contribution in [-0.2, 0) is 4.74 Å². The molecule has 0 heterocycles. The van der Waals surface area contributed by atoms with Gasteiger partial charge in [-0.25, -0.2) is 4.79 Å². The minimum Gasteiger partial charge on any atom is -0.444 e. The first-order valence-corrected chi connectivity index (χ1v) is 6.81. The predicted molar refractivity (Wildman–Crippen MR) is 73.6 cm³/mol. The number of rotatable bonds is 6. The quantitative estimate of drug-likeness (QED) is 0.797. The van der Waals surface area contributed by atoms with Crippen molar-refractivity contribution in [2.45, 2.75) is 78.0 Å². The lowest BCUT2D eigenvalue weighted by Gasteiger charge is -2.30. The van der Waals surface area contributed by atoms with Gasteiger partial charge >= 0.3 is 6.09 Å². The average Bonchev–Trinajstić information content (AvgIpc) is 2.20. The zero-order chi connectivity index (χ0) is 14.3. The molecule has 0 bridgehead atoms. The van der Waals surface area contributed by atoms with Crippen molar-refractivity contribution < 1.29 is 14.6 Å². The summed E-state index contributed by atoms with van der Waals surface area (Å²) in [5.74, 6) is 0. The first-order chi connectivity index (χ1) is 8.17. The van der Waals surface area contributed by atoms with E-state index in [-0.39, 0.29) is 18.2 Å². The summed E-state index contributed by atoms with van der Waals surface area (Å²) in [6.07, 6.45) is 2.95. The highest BCUT2D eigenvalue weighted by Crippen LogP contribution is 2.16. The Balaban J connectivity index is 4.24. The van der Waals surface area contributed by atoms with Crippen LogP contribution in [0, 0.1) is 0 Å². The van der Waals surface area contributed by atoms with E-state index in [1.165, 1.54) is 0 Å². The molecule has 4 heteroatoms. The van der Waals surface area contributed by atoms with Crippen molar-refractivity contribution in [2.24, 2.45) is 0 Å². The van der Waals surface area contributed by atoms with E-state index in [0.717, 1.165) is 25.7 Å². The van der Waals surface area contributed by atoms with Gasteiger partial charge in [-0.1, -0.05) is 6.92 Å². The summed E-state index contributed by atoms with van der Waals surface area (Å²) in [6.45, 7) is 9.46. The molecule has 108 valence electrons. The molecule has 0 saturated heterocycles. The minimum atomic E-state index is -0.455. The van der Waals surface area contributed by atoms with Gasteiger partial charge < -0.3 is 14.7 Å². The Morgan fingerprint density at radius 1 is 1.33 bits per heavy atom. The molecule has 0 aromatic rings. The molecule has 18 heavy (non-hydrogen) atoms. The van der Waals surface area contributed by atoms with E-state index in [4.69, 9.17) is 4.74 Å². The van der Waals surface area contributed by atoms with Crippen LogP contribution in [0.4, 0.5) is 4.79 Å². The van der Waals surface area contributed by atoms with Gasteiger partial charge in [0.05, 0.1) is 6.10 Å². The zero-order valence-corrected chi connectivity index (χ0v) is 12.7. The number of hydrogen-bond acceptors (Lipinski definition) is 3. The van der Waals surface area contributed by atoms with Gasteiger partial charge in [0, 0.05) is 13.1 Å². The second-order valence-electron chi connectivity index (χ2n) is 5.93. The van der Waals surface area contributed by atoms with Crippen molar-refractivity contribution in [1.82, 2.24) is 4.90 Å². The molecular weight excluding hydrogens is 230 g/mol. The fourth-order valence-electron chi connectivity index (χ4n) is 1.80. The topological polar surface area (TPSA) is 49.8 Å². The summed E-state index contributed by atoms with van der Waals surface area (Å²) in [7, 11) is 1.78. The number of carbonyl (C=O) groups excluding carboxylic acids is 1. The summed E-state index contributed by atoms with van der Waals surface area (Å²) in [5, 5.41) is 9.23. The number of ether oxygens (including phenoxy) is 1. The van der Waals surface area contributed by atoms with Crippen LogP contribution in [0.15, 0.2) is 0 Å². The van der Waals surface area contributed by atoms with E-state index in [0.29, 0.717) is 0 Å². The largest absolute Gasteiger partial charge is 0.444 e. The van der Waals surface area contributed by atoms with Crippen molar-refractivity contribution in [1.29, 1.82) is 0 Å². The SMILES string of the molecule is CCC(CCCC(C)O)N(C)C(=O)OC(C)(C)C. The molecule has 2 unspecified atom stereocenters. The molecule has 4 nitrogen and oxygen atoms in total. The van der Waals surface area contributed by atoms with Gasteiger partial charge in [0.15, 0.2) is 0 Å². The lowest BCUT2D eigenvalue weighted by atomic mass is 10.0. The summed E-state index contributed by atoms with van der Waals surface area (Å²) in [4.78, 5) is 13.6. The zero-order valence-electron chi connectivity index (χ0n) is 12.7. The molecule has 0 aliphatic rings. The highest BCUT2D eigenvalue weighted by atomic mass is 16.6. The Labute approximate surface area is 111 Å². The lowest BCUT2D eigenvalue weighted by molar-refractivity contribution is 0.0206. The highest BCUT2D eigenvalue weighted by molar-refractivity contribution is 5.68. The minimum absolute atomic E-state index is 0.179. The van der Waals surface area contributed by atoms with Gasteiger partial charge in [0.1, 0.15) is 5.60 Å². The molecule has 0 saturated carbocycles. The standard InChI is InChI=1S/C14H29NO3/c1-7-12(10-8-9-11(2)16)15(6)13(17)18-14(3,4)5/h11-12,16H,7-10H2,1-6H3. The first kappa shape index (κ1) is 17.2. The van der Waals surface area contributed by atoms with Crippen LogP contribution in [0.2, 0.25) is 0 Å². The number of aliphatic hydroxyl groups is 1. The summed E-state index contributed by atoms with van der Waals surface area (Å²) < 4.78 is 5.35. The molecule has 0 aromatic carbocycles. The second kappa shape index (κ2) is 7.62. The summed E-state index contributed by atoms with van der Waals surface area (Å²) in [5.41, 5.74) is -0.455. The van der Waals surface area contributed by atoms with Crippen molar-refractivity contribution in [2.75, 3.05) is 7.05 Å². The van der Waals surface area contributed by atoms with E-state index in [1.807, 2.05) is 20.8 Å². The van der Waals surface area contributed by atoms with Crippen LogP contribution >= 0.6 is 0 Å². The number of hydrogen-bond donors (Lipinski definition) is 1. The van der Waals surface area contributed by atoms with Crippen LogP contribution in [0.25, 0.3) is 0 Å². The Morgan fingerprint density at radius 2 is 1.89 bits per heavy atom. The number of amides is 1.